The van der Waals surface area contributed by atoms with Crippen LogP contribution in [0.15, 0.2) is 64.1 Å². The Morgan fingerprint density at radius 1 is 1.14 bits per heavy atom. The van der Waals surface area contributed by atoms with Gasteiger partial charge >= 0.3 is 5.91 Å². The average molecular weight is 413 g/mol. The van der Waals surface area contributed by atoms with Gasteiger partial charge in [-0.2, -0.15) is 5.10 Å². The summed E-state index contributed by atoms with van der Waals surface area (Å²) in [6, 6.07) is 16.2. The van der Waals surface area contributed by atoms with Crippen molar-refractivity contribution in [3.8, 4) is 11.5 Å². The zero-order valence-corrected chi connectivity index (χ0v) is 16.9. The molecule has 0 saturated heterocycles. The van der Waals surface area contributed by atoms with Crippen molar-refractivity contribution in [2.24, 2.45) is 5.10 Å². The largest absolute Gasteiger partial charge is 0.490 e. The van der Waals surface area contributed by atoms with Gasteiger partial charge in [0.05, 0.1) is 12.8 Å². The summed E-state index contributed by atoms with van der Waals surface area (Å²) in [5, 5.41) is 4.61. The Bertz CT molecular complexity index is 1010. The number of rotatable bonds is 8. The van der Waals surface area contributed by atoms with Crippen molar-refractivity contribution in [1.29, 1.82) is 0 Å². The molecule has 0 aliphatic rings. The van der Waals surface area contributed by atoms with Gasteiger partial charge in [-0.05, 0) is 55.8 Å². The number of furan rings is 1. The fourth-order valence-corrected chi connectivity index (χ4v) is 2.73. The normalized spacial score (nSPS) is 10.9. The van der Waals surface area contributed by atoms with E-state index in [1.807, 2.05) is 37.3 Å². The van der Waals surface area contributed by atoms with Crippen molar-refractivity contribution in [3.05, 3.63) is 82.3 Å². The molecule has 0 saturated carbocycles. The van der Waals surface area contributed by atoms with Crippen molar-refractivity contribution < 1.29 is 18.7 Å². The maximum absolute atomic E-state index is 11.9. The lowest BCUT2D eigenvalue weighted by Crippen LogP contribution is -2.16. The van der Waals surface area contributed by atoms with Gasteiger partial charge in [-0.1, -0.05) is 29.8 Å². The first-order valence-corrected chi connectivity index (χ1v) is 9.47. The molecule has 1 aromatic heterocycles. The number of hydrogen-bond acceptors (Lipinski definition) is 5. The predicted octanol–water partition coefficient (Wildman–Crippen LogP) is 4.98. The smallest absolute Gasteiger partial charge is 0.307 e. The van der Waals surface area contributed by atoms with Gasteiger partial charge in [-0.25, -0.2) is 5.43 Å². The fourth-order valence-electron chi connectivity index (χ4n) is 2.54. The minimum atomic E-state index is -0.418. The summed E-state index contributed by atoms with van der Waals surface area (Å²) < 4.78 is 16.8. The summed E-state index contributed by atoms with van der Waals surface area (Å²) in [7, 11) is 0. The molecule has 1 amide bonds. The van der Waals surface area contributed by atoms with E-state index < -0.39 is 5.91 Å². The number of nitrogens with zero attached hydrogens (tertiary/aromatic N) is 1. The van der Waals surface area contributed by atoms with Crippen LogP contribution in [0.2, 0.25) is 5.02 Å². The van der Waals surface area contributed by atoms with Gasteiger partial charge in [0, 0.05) is 10.6 Å². The molecule has 29 heavy (non-hydrogen) atoms. The second-order valence-electron chi connectivity index (χ2n) is 6.13. The molecule has 0 fully saturated rings. The first-order valence-electron chi connectivity index (χ1n) is 9.09. The molecule has 6 nitrogen and oxygen atoms in total. The predicted molar refractivity (Wildman–Crippen MR) is 112 cm³/mol. The number of amides is 1. The van der Waals surface area contributed by atoms with E-state index in [1.54, 1.807) is 31.2 Å². The minimum Gasteiger partial charge on any atom is -0.490 e. The lowest BCUT2D eigenvalue weighted by Gasteiger charge is -2.13. The van der Waals surface area contributed by atoms with Gasteiger partial charge in [0.25, 0.3) is 0 Å². The van der Waals surface area contributed by atoms with Gasteiger partial charge in [0.2, 0.25) is 0 Å². The number of benzene rings is 2. The van der Waals surface area contributed by atoms with E-state index in [4.69, 9.17) is 25.5 Å². The van der Waals surface area contributed by atoms with Crippen LogP contribution in [0.3, 0.4) is 0 Å². The van der Waals surface area contributed by atoms with E-state index in [1.165, 1.54) is 6.21 Å². The van der Waals surface area contributed by atoms with Crippen molar-refractivity contribution in [1.82, 2.24) is 5.43 Å². The van der Waals surface area contributed by atoms with E-state index in [0.29, 0.717) is 35.5 Å². The topological polar surface area (TPSA) is 73.1 Å². The molecule has 0 spiro atoms. The van der Waals surface area contributed by atoms with Crippen LogP contribution >= 0.6 is 11.6 Å². The van der Waals surface area contributed by atoms with E-state index in [0.717, 1.165) is 11.1 Å². The number of hydrogen-bond donors (Lipinski definition) is 1. The highest BCUT2D eigenvalue weighted by Gasteiger charge is 2.09. The highest BCUT2D eigenvalue weighted by Crippen LogP contribution is 2.29. The third kappa shape index (κ3) is 5.62. The number of carbonyl (C=O) groups is 1. The van der Waals surface area contributed by atoms with Crippen LogP contribution in [-0.2, 0) is 6.61 Å². The standard InChI is InChI=1S/C22H21ClN2O4/c1-3-27-21-12-16(13-24-25-22(26)20-10-8-15(2)29-20)9-11-19(21)28-14-17-6-4-5-7-18(17)23/h4-13H,3,14H2,1-2H3,(H,25,26)/b24-13-. The third-order valence-corrected chi connectivity index (χ3v) is 4.32. The number of nitrogens with one attached hydrogen (secondary N) is 1. The van der Waals surface area contributed by atoms with Gasteiger partial charge < -0.3 is 13.9 Å². The Balaban J connectivity index is 1.66. The van der Waals surface area contributed by atoms with Crippen molar-refractivity contribution in [2.75, 3.05) is 6.61 Å². The van der Waals surface area contributed by atoms with E-state index in [9.17, 15) is 4.79 Å². The molecule has 1 heterocycles. The Morgan fingerprint density at radius 3 is 2.69 bits per heavy atom. The summed E-state index contributed by atoms with van der Waals surface area (Å²) in [6.07, 6.45) is 1.52. The molecule has 0 radical (unpaired) electrons. The molecule has 0 aliphatic heterocycles. The first-order chi connectivity index (χ1) is 14.1. The number of carbonyl (C=O) groups excluding carboxylic acids is 1. The maximum Gasteiger partial charge on any atom is 0.307 e. The van der Waals surface area contributed by atoms with Crippen LogP contribution in [0.4, 0.5) is 0 Å². The second kappa shape index (κ2) is 9.80. The Kier molecular flexibility index (Phi) is 6.92. The van der Waals surface area contributed by atoms with E-state index in [-0.39, 0.29) is 5.76 Å². The molecule has 0 unspecified atom stereocenters. The number of hydrazone groups is 1. The molecular weight excluding hydrogens is 392 g/mol. The Hall–Kier alpha value is -3.25. The maximum atomic E-state index is 11.9. The summed E-state index contributed by atoms with van der Waals surface area (Å²) in [6.45, 7) is 4.47. The lowest BCUT2D eigenvalue weighted by molar-refractivity contribution is 0.0926. The fraction of sp³-hybridized carbons (Fsp3) is 0.182. The van der Waals surface area contributed by atoms with Gasteiger partial charge in [-0.15, -0.1) is 0 Å². The highest BCUT2D eigenvalue weighted by molar-refractivity contribution is 6.31. The van der Waals surface area contributed by atoms with Crippen LogP contribution in [0.5, 0.6) is 11.5 Å². The van der Waals surface area contributed by atoms with Crippen LogP contribution in [-0.4, -0.2) is 18.7 Å². The molecule has 0 aliphatic carbocycles. The summed E-state index contributed by atoms with van der Waals surface area (Å²) in [4.78, 5) is 11.9. The quantitative estimate of drug-likeness (QED) is 0.418. The molecule has 2 aromatic carbocycles. The molecule has 3 aromatic rings. The van der Waals surface area contributed by atoms with Crippen LogP contribution < -0.4 is 14.9 Å². The summed E-state index contributed by atoms with van der Waals surface area (Å²) in [5.41, 5.74) is 4.06. The Labute approximate surface area is 174 Å². The van der Waals surface area contributed by atoms with Gasteiger partial charge in [0.15, 0.2) is 17.3 Å². The highest BCUT2D eigenvalue weighted by atomic mass is 35.5. The van der Waals surface area contributed by atoms with E-state index in [2.05, 4.69) is 10.5 Å². The number of aryl methyl sites for hydroxylation is 1. The van der Waals surface area contributed by atoms with Crippen LogP contribution in [0, 0.1) is 6.92 Å². The number of halogens is 1. The van der Waals surface area contributed by atoms with Crippen molar-refractivity contribution >= 4 is 23.7 Å². The first kappa shape index (κ1) is 20.5. The molecule has 0 atom stereocenters. The molecule has 0 bridgehead atoms. The Morgan fingerprint density at radius 2 is 1.97 bits per heavy atom. The van der Waals surface area contributed by atoms with Gasteiger partial charge in [-0.3, -0.25) is 4.79 Å². The van der Waals surface area contributed by atoms with Crippen molar-refractivity contribution in [3.63, 3.8) is 0 Å². The third-order valence-electron chi connectivity index (χ3n) is 3.95. The van der Waals surface area contributed by atoms with Crippen molar-refractivity contribution in [2.45, 2.75) is 20.5 Å². The zero-order chi connectivity index (χ0) is 20.6. The molecular formula is C22H21ClN2O4. The number of ether oxygens (including phenoxy) is 2. The molecule has 1 N–H and O–H groups in total. The SMILES string of the molecule is CCOc1cc(/C=N\NC(=O)c2ccc(C)o2)ccc1OCc1ccccc1Cl. The molecule has 150 valence electrons. The lowest BCUT2D eigenvalue weighted by atomic mass is 10.2. The van der Waals surface area contributed by atoms with Crippen LogP contribution in [0.1, 0.15) is 34.4 Å². The molecule has 3 rings (SSSR count). The van der Waals surface area contributed by atoms with Gasteiger partial charge in [0.1, 0.15) is 12.4 Å². The molecule has 7 heteroatoms. The summed E-state index contributed by atoms with van der Waals surface area (Å²) in [5.74, 6) is 1.63. The zero-order valence-electron chi connectivity index (χ0n) is 16.1. The van der Waals surface area contributed by atoms with E-state index >= 15 is 0 Å². The monoisotopic (exact) mass is 412 g/mol. The van der Waals surface area contributed by atoms with Crippen LogP contribution in [0.25, 0.3) is 0 Å². The summed E-state index contributed by atoms with van der Waals surface area (Å²) >= 11 is 6.18. The minimum absolute atomic E-state index is 0.206. The second-order valence-corrected chi connectivity index (χ2v) is 6.54. The average Bonchev–Trinajstić information content (AvgIpc) is 3.15.